The van der Waals surface area contributed by atoms with Crippen LogP contribution in [0.4, 0.5) is 0 Å². The summed E-state index contributed by atoms with van der Waals surface area (Å²) < 4.78 is 0. The normalized spacial score (nSPS) is 12.9. The molecule has 5 N–H and O–H groups in total. The van der Waals surface area contributed by atoms with Crippen molar-refractivity contribution in [3.63, 3.8) is 0 Å². The summed E-state index contributed by atoms with van der Waals surface area (Å²) in [6.45, 7) is 10.2. The minimum atomic E-state index is -1.25. The molecule has 0 atom stereocenters. The van der Waals surface area contributed by atoms with Gasteiger partial charge in [-0.2, -0.15) is 0 Å². The summed E-state index contributed by atoms with van der Waals surface area (Å²) >= 11 is 0. The van der Waals surface area contributed by atoms with Gasteiger partial charge in [-0.1, -0.05) is 13.8 Å². The molecule has 2 amide bonds. The molecule has 24 heavy (non-hydrogen) atoms. The molecule has 8 nitrogen and oxygen atoms in total. The highest BCUT2D eigenvalue weighted by Gasteiger charge is 2.30. The first kappa shape index (κ1) is 21.8. The SMILES string of the molecule is CCC(C)(C)NC(=O)/C(C(=O)NCC(=O)O)=C(/O)NC(C)(C)CC. The van der Waals surface area contributed by atoms with Gasteiger partial charge in [0.05, 0.1) is 0 Å². The van der Waals surface area contributed by atoms with Gasteiger partial charge in [0, 0.05) is 11.1 Å². The molecule has 0 saturated carbocycles. The second-order valence-electron chi connectivity index (χ2n) is 6.85. The average Bonchev–Trinajstić information content (AvgIpc) is 2.44. The average molecular weight is 343 g/mol. The second kappa shape index (κ2) is 8.56. The van der Waals surface area contributed by atoms with Gasteiger partial charge in [-0.25, -0.2) is 0 Å². The number of nitrogens with one attached hydrogen (secondary N) is 3. The lowest BCUT2D eigenvalue weighted by Gasteiger charge is -2.28. The minimum Gasteiger partial charge on any atom is -0.494 e. The molecule has 0 bridgehead atoms. The maximum atomic E-state index is 12.4. The van der Waals surface area contributed by atoms with Crippen molar-refractivity contribution < 1.29 is 24.6 Å². The molecule has 0 saturated heterocycles. The molecule has 0 radical (unpaired) electrons. The molecular formula is C16H29N3O5. The fourth-order valence-corrected chi connectivity index (χ4v) is 1.49. The third-order valence-electron chi connectivity index (χ3n) is 3.77. The first-order valence-electron chi connectivity index (χ1n) is 7.89. The van der Waals surface area contributed by atoms with Gasteiger partial charge in [-0.15, -0.1) is 0 Å². The predicted molar refractivity (Wildman–Crippen MR) is 90.3 cm³/mol. The van der Waals surface area contributed by atoms with Gasteiger partial charge in [0.2, 0.25) is 5.88 Å². The number of carboxylic acid groups (broad SMARTS) is 1. The van der Waals surface area contributed by atoms with Crippen LogP contribution >= 0.6 is 0 Å². The van der Waals surface area contributed by atoms with Gasteiger partial charge in [-0.05, 0) is 40.5 Å². The van der Waals surface area contributed by atoms with Crippen LogP contribution in [0, 0.1) is 0 Å². The maximum Gasteiger partial charge on any atom is 0.322 e. The highest BCUT2D eigenvalue weighted by molar-refractivity contribution is 6.19. The molecule has 0 aromatic rings. The van der Waals surface area contributed by atoms with Crippen molar-refractivity contribution in [1.29, 1.82) is 0 Å². The van der Waals surface area contributed by atoms with Crippen LogP contribution in [0.3, 0.4) is 0 Å². The van der Waals surface area contributed by atoms with Gasteiger partial charge < -0.3 is 26.2 Å². The zero-order valence-electron chi connectivity index (χ0n) is 15.2. The summed E-state index contributed by atoms with van der Waals surface area (Å²) in [6.07, 6.45) is 1.24. The highest BCUT2D eigenvalue weighted by Crippen LogP contribution is 2.13. The van der Waals surface area contributed by atoms with E-state index in [0.717, 1.165) is 0 Å². The Balaban J connectivity index is 5.62. The number of aliphatic carboxylic acids is 1. The van der Waals surface area contributed by atoms with E-state index in [2.05, 4.69) is 16.0 Å². The van der Waals surface area contributed by atoms with Crippen molar-refractivity contribution >= 4 is 17.8 Å². The number of aliphatic hydroxyl groups is 1. The van der Waals surface area contributed by atoms with Crippen LogP contribution in [-0.2, 0) is 14.4 Å². The van der Waals surface area contributed by atoms with Crippen LogP contribution in [0.5, 0.6) is 0 Å². The number of rotatable bonds is 9. The van der Waals surface area contributed by atoms with Crippen LogP contribution in [0.1, 0.15) is 54.4 Å². The Morgan fingerprint density at radius 1 is 0.833 bits per heavy atom. The molecule has 0 aromatic heterocycles. The Kier molecular flexibility index (Phi) is 7.76. The fourth-order valence-electron chi connectivity index (χ4n) is 1.49. The van der Waals surface area contributed by atoms with Crippen LogP contribution < -0.4 is 16.0 Å². The second-order valence-corrected chi connectivity index (χ2v) is 6.85. The summed E-state index contributed by atoms with van der Waals surface area (Å²) in [5.41, 5.74) is -1.68. The van der Waals surface area contributed by atoms with Crippen molar-refractivity contribution in [2.75, 3.05) is 6.54 Å². The van der Waals surface area contributed by atoms with Gasteiger partial charge >= 0.3 is 5.97 Å². The summed E-state index contributed by atoms with van der Waals surface area (Å²) in [5, 5.41) is 26.4. The molecule has 8 heteroatoms. The fraction of sp³-hybridized carbons (Fsp3) is 0.688. The zero-order valence-corrected chi connectivity index (χ0v) is 15.2. The number of hydrogen-bond acceptors (Lipinski definition) is 5. The van der Waals surface area contributed by atoms with Crippen LogP contribution in [0.2, 0.25) is 0 Å². The lowest BCUT2D eigenvalue weighted by Crippen LogP contribution is -2.48. The van der Waals surface area contributed by atoms with E-state index < -0.39 is 46.9 Å². The molecular weight excluding hydrogens is 314 g/mol. The largest absolute Gasteiger partial charge is 0.494 e. The number of carbonyl (C=O) groups excluding carboxylic acids is 2. The van der Waals surface area contributed by atoms with Crippen LogP contribution in [0.25, 0.3) is 0 Å². The van der Waals surface area contributed by atoms with Gasteiger partial charge in [0.25, 0.3) is 11.8 Å². The van der Waals surface area contributed by atoms with Gasteiger partial charge in [0.15, 0.2) is 5.57 Å². The van der Waals surface area contributed by atoms with Gasteiger partial charge in [0.1, 0.15) is 6.54 Å². The van der Waals surface area contributed by atoms with Crippen LogP contribution in [0.15, 0.2) is 11.5 Å². The monoisotopic (exact) mass is 343 g/mol. The Morgan fingerprint density at radius 2 is 1.29 bits per heavy atom. The quantitative estimate of drug-likeness (QED) is 0.184. The smallest absolute Gasteiger partial charge is 0.322 e. The number of carboxylic acids is 1. The minimum absolute atomic E-state index is 0.542. The molecule has 0 rings (SSSR count). The molecule has 0 aliphatic carbocycles. The van der Waals surface area contributed by atoms with Crippen LogP contribution in [-0.4, -0.2) is 45.6 Å². The molecule has 0 aromatic carbocycles. The maximum absolute atomic E-state index is 12.4. The van der Waals surface area contributed by atoms with Crippen molar-refractivity contribution in [3.8, 4) is 0 Å². The molecule has 0 heterocycles. The summed E-state index contributed by atoms with van der Waals surface area (Å²) in [4.78, 5) is 35.2. The van der Waals surface area contributed by atoms with Crippen molar-refractivity contribution in [3.05, 3.63) is 11.5 Å². The third-order valence-corrected chi connectivity index (χ3v) is 3.77. The summed E-state index contributed by atoms with van der Waals surface area (Å²) in [6, 6.07) is 0. The van der Waals surface area contributed by atoms with Crippen molar-refractivity contribution in [2.24, 2.45) is 0 Å². The summed E-state index contributed by atoms with van der Waals surface area (Å²) in [7, 11) is 0. The molecule has 0 unspecified atom stereocenters. The van der Waals surface area contributed by atoms with E-state index in [4.69, 9.17) is 5.11 Å². The molecule has 0 spiro atoms. The standard InChI is InChI=1S/C16H29N3O5/c1-7-15(3,4)18-13(23)11(12(22)17-9-10(20)21)14(24)19-16(5,6)8-2/h18,23H,7-9H2,1-6H3,(H,17,22)(H,19,24)(H,20,21)/b13-11+. The topological polar surface area (TPSA) is 128 Å². The van der Waals surface area contributed by atoms with E-state index in [1.165, 1.54) is 0 Å². The number of amides is 2. The first-order valence-corrected chi connectivity index (χ1v) is 7.89. The Morgan fingerprint density at radius 3 is 1.71 bits per heavy atom. The molecule has 0 aliphatic rings. The predicted octanol–water partition coefficient (Wildman–Crippen LogP) is 1.04. The Bertz CT molecular complexity index is 524. The molecule has 0 aliphatic heterocycles. The summed E-state index contributed by atoms with van der Waals surface area (Å²) in [5.74, 6) is -3.58. The highest BCUT2D eigenvalue weighted by atomic mass is 16.4. The number of aliphatic hydroxyl groups excluding tert-OH is 1. The third kappa shape index (κ3) is 7.34. The first-order chi connectivity index (χ1) is 10.8. The number of carbonyl (C=O) groups is 3. The molecule has 138 valence electrons. The lowest BCUT2D eigenvalue weighted by molar-refractivity contribution is -0.138. The van der Waals surface area contributed by atoms with E-state index in [0.29, 0.717) is 12.8 Å². The molecule has 0 fully saturated rings. The Labute approximate surface area is 142 Å². The van der Waals surface area contributed by atoms with Crippen molar-refractivity contribution in [2.45, 2.75) is 65.5 Å². The van der Waals surface area contributed by atoms with E-state index in [1.807, 2.05) is 13.8 Å². The number of hydrogen-bond donors (Lipinski definition) is 5. The van der Waals surface area contributed by atoms with E-state index in [-0.39, 0.29) is 0 Å². The zero-order chi connectivity index (χ0) is 19.1. The lowest BCUT2D eigenvalue weighted by atomic mass is 10.0. The van der Waals surface area contributed by atoms with Crippen molar-refractivity contribution in [1.82, 2.24) is 16.0 Å². The van der Waals surface area contributed by atoms with E-state index >= 15 is 0 Å². The van der Waals surface area contributed by atoms with Gasteiger partial charge in [-0.3, -0.25) is 14.4 Å². The van der Waals surface area contributed by atoms with E-state index in [1.54, 1.807) is 27.7 Å². The Hall–Kier alpha value is -2.25. The van der Waals surface area contributed by atoms with E-state index in [9.17, 15) is 19.5 Å².